The van der Waals surface area contributed by atoms with Gasteiger partial charge in [0, 0.05) is 28.8 Å². The number of nitrogens with zero attached hydrogens (tertiary/aromatic N) is 1. The van der Waals surface area contributed by atoms with Crippen molar-refractivity contribution in [3.8, 4) is 23.0 Å². The van der Waals surface area contributed by atoms with Crippen LogP contribution in [-0.4, -0.2) is 29.4 Å². The standard InChI is InChI=1S/C25H18Cl2N2O5/c26-18-9-17(25(31)24-15(18)7-4-8-28-24)23(16-10-20-21(11-19(16)27)34-13-33-20)29-22(30)12-32-14-5-2-1-3-6-14/h1-11,23,31H,12-13H2,(H,29,30). The average molecular weight is 497 g/mol. The monoisotopic (exact) mass is 496 g/mol. The molecule has 0 saturated heterocycles. The van der Waals surface area contributed by atoms with Gasteiger partial charge in [-0.2, -0.15) is 0 Å². The molecule has 0 radical (unpaired) electrons. The number of ether oxygens (including phenoxy) is 3. The molecule has 0 spiro atoms. The molecule has 2 heterocycles. The van der Waals surface area contributed by atoms with Crippen molar-refractivity contribution < 1.29 is 24.1 Å². The van der Waals surface area contributed by atoms with Crippen LogP contribution in [0, 0.1) is 0 Å². The van der Waals surface area contributed by atoms with Crippen molar-refractivity contribution in [2.45, 2.75) is 6.04 Å². The summed E-state index contributed by atoms with van der Waals surface area (Å²) >= 11 is 13.1. The number of carbonyl (C=O) groups is 1. The van der Waals surface area contributed by atoms with Gasteiger partial charge in [-0.25, -0.2) is 0 Å². The van der Waals surface area contributed by atoms with Gasteiger partial charge in [-0.15, -0.1) is 0 Å². The minimum absolute atomic E-state index is 0.0635. The fourth-order valence-electron chi connectivity index (χ4n) is 3.77. The van der Waals surface area contributed by atoms with Crippen LogP contribution in [0.4, 0.5) is 0 Å². The van der Waals surface area contributed by atoms with Crippen molar-refractivity contribution >= 4 is 40.0 Å². The van der Waals surface area contributed by atoms with Gasteiger partial charge >= 0.3 is 0 Å². The Kier molecular flexibility index (Phi) is 6.04. The van der Waals surface area contributed by atoms with Crippen LogP contribution in [0.15, 0.2) is 66.9 Å². The second-order valence-electron chi connectivity index (χ2n) is 7.53. The van der Waals surface area contributed by atoms with Crippen molar-refractivity contribution in [3.05, 3.63) is 88.0 Å². The van der Waals surface area contributed by atoms with E-state index in [1.807, 2.05) is 18.2 Å². The summed E-state index contributed by atoms with van der Waals surface area (Å²) in [7, 11) is 0. The van der Waals surface area contributed by atoms with Gasteiger partial charge in [-0.05, 0) is 36.4 Å². The van der Waals surface area contributed by atoms with Crippen LogP contribution in [-0.2, 0) is 4.79 Å². The van der Waals surface area contributed by atoms with Crippen LogP contribution in [0.3, 0.4) is 0 Å². The Bertz CT molecular complexity index is 1380. The lowest BCUT2D eigenvalue weighted by Crippen LogP contribution is -2.33. The number of aromatic nitrogens is 1. The maximum atomic E-state index is 12.9. The maximum absolute atomic E-state index is 12.9. The predicted molar refractivity (Wildman–Crippen MR) is 128 cm³/mol. The van der Waals surface area contributed by atoms with Gasteiger partial charge in [0.1, 0.15) is 17.0 Å². The highest BCUT2D eigenvalue weighted by molar-refractivity contribution is 6.35. The Morgan fingerprint density at radius 1 is 1.03 bits per heavy atom. The number of rotatable bonds is 6. The van der Waals surface area contributed by atoms with Crippen molar-refractivity contribution in [1.29, 1.82) is 0 Å². The number of hydrogen-bond acceptors (Lipinski definition) is 6. The number of fused-ring (bicyclic) bond motifs is 2. The lowest BCUT2D eigenvalue weighted by Gasteiger charge is -2.23. The van der Waals surface area contributed by atoms with Gasteiger partial charge in [0.25, 0.3) is 5.91 Å². The fourth-order valence-corrected chi connectivity index (χ4v) is 4.30. The summed E-state index contributed by atoms with van der Waals surface area (Å²) in [5, 5.41) is 15.3. The Balaban J connectivity index is 1.55. The number of para-hydroxylation sites is 1. The number of aromatic hydroxyl groups is 1. The van der Waals surface area contributed by atoms with Crippen LogP contribution >= 0.6 is 23.2 Å². The molecular formula is C25H18Cl2N2O5. The van der Waals surface area contributed by atoms with Crippen molar-refractivity contribution in [2.75, 3.05) is 13.4 Å². The van der Waals surface area contributed by atoms with E-state index in [0.717, 1.165) is 0 Å². The molecule has 1 aliphatic heterocycles. The van der Waals surface area contributed by atoms with Crippen molar-refractivity contribution in [1.82, 2.24) is 10.3 Å². The summed E-state index contributed by atoms with van der Waals surface area (Å²) in [6.07, 6.45) is 1.55. The molecule has 172 valence electrons. The third-order valence-electron chi connectivity index (χ3n) is 5.38. The topological polar surface area (TPSA) is 89.9 Å². The smallest absolute Gasteiger partial charge is 0.258 e. The summed E-state index contributed by atoms with van der Waals surface area (Å²) in [5.74, 6) is 0.968. The molecule has 1 unspecified atom stereocenters. The molecule has 0 bridgehead atoms. The number of phenols is 1. The van der Waals surface area contributed by atoms with Gasteiger partial charge in [0.2, 0.25) is 6.79 Å². The number of amides is 1. The third-order valence-corrected chi connectivity index (χ3v) is 6.02. The molecule has 34 heavy (non-hydrogen) atoms. The Labute approximate surface area is 204 Å². The highest BCUT2D eigenvalue weighted by Gasteiger charge is 2.28. The summed E-state index contributed by atoms with van der Waals surface area (Å²) < 4.78 is 16.5. The molecule has 4 aromatic rings. The first-order valence-electron chi connectivity index (χ1n) is 10.3. The largest absolute Gasteiger partial charge is 0.505 e. The van der Waals surface area contributed by atoms with E-state index in [0.29, 0.717) is 49.3 Å². The summed E-state index contributed by atoms with van der Waals surface area (Å²) in [6, 6.07) is 16.4. The number of carbonyl (C=O) groups excluding carboxylic acids is 1. The van der Waals surface area contributed by atoms with Gasteiger partial charge in [0.15, 0.2) is 18.1 Å². The molecular weight excluding hydrogens is 479 g/mol. The lowest BCUT2D eigenvalue weighted by molar-refractivity contribution is -0.123. The summed E-state index contributed by atoms with van der Waals surface area (Å²) in [5.41, 5.74) is 1.12. The van der Waals surface area contributed by atoms with Crippen molar-refractivity contribution in [3.63, 3.8) is 0 Å². The maximum Gasteiger partial charge on any atom is 0.258 e. The van der Waals surface area contributed by atoms with E-state index in [2.05, 4.69) is 10.3 Å². The summed E-state index contributed by atoms with van der Waals surface area (Å²) in [4.78, 5) is 17.2. The number of phenolic OH excluding ortho intramolecular Hbond substituents is 1. The molecule has 5 rings (SSSR count). The van der Waals surface area contributed by atoms with E-state index in [4.69, 9.17) is 37.4 Å². The second kappa shape index (κ2) is 9.29. The van der Waals surface area contributed by atoms with Gasteiger partial charge in [-0.1, -0.05) is 41.4 Å². The zero-order valence-corrected chi connectivity index (χ0v) is 19.1. The molecule has 3 aromatic carbocycles. The first kappa shape index (κ1) is 22.1. The molecule has 1 amide bonds. The van der Waals surface area contributed by atoms with E-state index in [1.165, 1.54) is 0 Å². The normalized spacial score (nSPS) is 13.0. The minimum Gasteiger partial charge on any atom is -0.505 e. The Morgan fingerprint density at radius 2 is 1.79 bits per heavy atom. The molecule has 1 atom stereocenters. The number of halogens is 2. The molecule has 7 nitrogen and oxygen atoms in total. The van der Waals surface area contributed by atoms with E-state index in [9.17, 15) is 9.90 Å². The van der Waals surface area contributed by atoms with E-state index in [-0.39, 0.29) is 19.1 Å². The molecule has 0 saturated carbocycles. The van der Waals surface area contributed by atoms with E-state index in [1.54, 1.807) is 48.7 Å². The van der Waals surface area contributed by atoms with E-state index >= 15 is 0 Å². The molecule has 0 fully saturated rings. The zero-order chi connectivity index (χ0) is 23.7. The van der Waals surface area contributed by atoms with Crippen LogP contribution in [0.1, 0.15) is 17.2 Å². The van der Waals surface area contributed by atoms with Crippen LogP contribution in [0.2, 0.25) is 10.0 Å². The fraction of sp³-hybridized carbons (Fsp3) is 0.120. The molecule has 1 aliphatic rings. The van der Waals surface area contributed by atoms with Crippen LogP contribution < -0.4 is 19.5 Å². The van der Waals surface area contributed by atoms with Gasteiger partial charge in [-0.3, -0.25) is 9.78 Å². The van der Waals surface area contributed by atoms with Crippen LogP contribution in [0.5, 0.6) is 23.0 Å². The quantitative estimate of drug-likeness (QED) is 0.378. The number of hydrogen-bond donors (Lipinski definition) is 2. The molecule has 2 N–H and O–H groups in total. The van der Waals surface area contributed by atoms with Crippen LogP contribution in [0.25, 0.3) is 10.9 Å². The first-order valence-corrected chi connectivity index (χ1v) is 11.1. The number of benzene rings is 3. The average Bonchev–Trinajstić information content (AvgIpc) is 3.31. The SMILES string of the molecule is O=C(COc1ccccc1)NC(c1cc2c(cc1Cl)OCO2)c1cc(Cl)c2cccnc2c1O. The lowest BCUT2D eigenvalue weighted by atomic mass is 9.95. The number of nitrogens with one attached hydrogen (secondary N) is 1. The highest BCUT2D eigenvalue weighted by Crippen LogP contribution is 2.44. The summed E-state index contributed by atoms with van der Waals surface area (Å²) in [6.45, 7) is -0.183. The van der Waals surface area contributed by atoms with Gasteiger partial charge < -0.3 is 24.6 Å². The van der Waals surface area contributed by atoms with E-state index < -0.39 is 11.9 Å². The second-order valence-corrected chi connectivity index (χ2v) is 8.34. The molecule has 9 heteroatoms. The van der Waals surface area contributed by atoms with Crippen molar-refractivity contribution in [2.24, 2.45) is 0 Å². The Hall–Kier alpha value is -3.68. The zero-order valence-electron chi connectivity index (χ0n) is 17.6. The predicted octanol–water partition coefficient (Wildman–Crippen LogP) is 5.26. The number of pyridine rings is 1. The molecule has 1 aromatic heterocycles. The highest BCUT2D eigenvalue weighted by atomic mass is 35.5. The Morgan fingerprint density at radius 3 is 2.59 bits per heavy atom. The third kappa shape index (κ3) is 4.27. The van der Waals surface area contributed by atoms with Gasteiger partial charge in [0.05, 0.1) is 16.1 Å². The minimum atomic E-state index is -0.877. The molecule has 0 aliphatic carbocycles. The first-order chi connectivity index (χ1) is 16.5.